The van der Waals surface area contributed by atoms with Crippen LogP contribution in [0.25, 0.3) is 0 Å². The first-order chi connectivity index (χ1) is 15.4. The molecule has 3 N–H and O–H groups in total. The van der Waals surface area contributed by atoms with Crippen LogP contribution in [0.4, 0.5) is 4.79 Å². The number of carbonyl (C=O) groups excluding carboxylic acids is 1. The molecular weight excluding hydrogens is 404 g/mol. The third-order valence-corrected chi connectivity index (χ3v) is 7.05. The predicted molar refractivity (Wildman–Crippen MR) is 123 cm³/mol. The number of alkyl carbamates (subject to hydrolysis) is 1. The SMILES string of the molecule is C=CCN1CC[C@@]2(c3cccc(O)c3)C[C@H](NC(=O)OCc3ccccc3)CC[C@]2(O)C1. The lowest BCUT2D eigenvalue weighted by molar-refractivity contribution is -0.124. The summed E-state index contributed by atoms with van der Waals surface area (Å²) in [5, 5.41) is 25.1. The molecule has 6 nitrogen and oxygen atoms in total. The molecule has 2 aromatic carbocycles. The fourth-order valence-corrected chi connectivity index (χ4v) is 5.46. The molecule has 4 rings (SSSR count). The van der Waals surface area contributed by atoms with E-state index in [1.807, 2.05) is 48.5 Å². The van der Waals surface area contributed by atoms with Crippen LogP contribution in [0.15, 0.2) is 67.3 Å². The number of benzene rings is 2. The number of rotatable bonds is 6. The van der Waals surface area contributed by atoms with Crippen LogP contribution in [0.1, 0.15) is 36.8 Å². The highest BCUT2D eigenvalue weighted by atomic mass is 16.5. The van der Waals surface area contributed by atoms with E-state index in [9.17, 15) is 15.0 Å². The fourth-order valence-electron chi connectivity index (χ4n) is 5.46. The van der Waals surface area contributed by atoms with Crippen molar-refractivity contribution in [2.45, 2.75) is 49.3 Å². The van der Waals surface area contributed by atoms with Gasteiger partial charge >= 0.3 is 6.09 Å². The summed E-state index contributed by atoms with van der Waals surface area (Å²) in [5.74, 6) is 0.185. The molecule has 1 heterocycles. The molecule has 0 unspecified atom stereocenters. The molecule has 6 heteroatoms. The first-order valence-electron chi connectivity index (χ1n) is 11.3. The van der Waals surface area contributed by atoms with E-state index in [1.54, 1.807) is 12.1 Å². The van der Waals surface area contributed by atoms with Crippen molar-refractivity contribution in [3.8, 4) is 5.75 Å². The van der Waals surface area contributed by atoms with Gasteiger partial charge in [0.2, 0.25) is 0 Å². The number of β-amino-alcohol motifs (C(OH)–C–C–N with tert-alkyl or cyclic N) is 1. The second-order valence-electron chi connectivity index (χ2n) is 9.08. The molecule has 2 aromatic rings. The molecule has 0 radical (unpaired) electrons. The van der Waals surface area contributed by atoms with Crippen molar-refractivity contribution in [2.75, 3.05) is 19.6 Å². The van der Waals surface area contributed by atoms with Crippen molar-refractivity contribution in [1.82, 2.24) is 10.2 Å². The number of aliphatic hydroxyl groups is 1. The van der Waals surface area contributed by atoms with Crippen LogP contribution >= 0.6 is 0 Å². The van der Waals surface area contributed by atoms with Gasteiger partial charge in [-0.1, -0.05) is 48.5 Å². The Kier molecular flexibility index (Phi) is 6.53. The molecule has 170 valence electrons. The second-order valence-corrected chi connectivity index (χ2v) is 9.08. The summed E-state index contributed by atoms with van der Waals surface area (Å²) < 4.78 is 5.43. The Morgan fingerprint density at radius 1 is 1.22 bits per heavy atom. The number of aromatic hydroxyl groups is 1. The maximum atomic E-state index is 12.5. The lowest BCUT2D eigenvalue weighted by Gasteiger charge is -2.58. The van der Waals surface area contributed by atoms with Gasteiger partial charge in [0.05, 0.1) is 5.60 Å². The molecule has 32 heavy (non-hydrogen) atoms. The third kappa shape index (κ3) is 4.52. The molecule has 0 bridgehead atoms. The summed E-state index contributed by atoms with van der Waals surface area (Å²) in [6, 6.07) is 16.7. The zero-order chi connectivity index (χ0) is 22.6. The number of phenols is 1. The number of nitrogens with zero attached hydrogens (tertiary/aromatic N) is 1. The van der Waals surface area contributed by atoms with E-state index in [0.29, 0.717) is 25.8 Å². The standard InChI is InChI=1S/C26H32N2O4/c1-2-14-28-15-13-25(21-9-6-10-23(29)16-21)17-22(11-12-26(25,31)19-28)27-24(30)32-18-20-7-4-3-5-8-20/h2-10,16,22,29,31H,1,11-15,17-19H2,(H,27,30)/t22-,25+,26+/m1/s1. The second kappa shape index (κ2) is 9.35. The summed E-state index contributed by atoms with van der Waals surface area (Å²) in [6.07, 6.45) is 3.97. The normalized spacial score (nSPS) is 27.8. The van der Waals surface area contributed by atoms with Crippen LogP contribution in [0, 0.1) is 0 Å². The molecule has 1 amide bonds. The zero-order valence-electron chi connectivity index (χ0n) is 18.4. The largest absolute Gasteiger partial charge is 0.508 e. The molecule has 0 aromatic heterocycles. The Balaban J connectivity index is 1.51. The van der Waals surface area contributed by atoms with Gasteiger partial charge in [-0.2, -0.15) is 0 Å². The highest BCUT2D eigenvalue weighted by molar-refractivity contribution is 5.67. The van der Waals surface area contributed by atoms with Gasteiger partial charge in [0.25, 0.3) is 0 Å². The Bertz CT molecular complexity index is 950. The monoisotopic (exact) mass is 436 g/mol. The van der Waals surface area contributed by atoms with Crippen LogP contribution in [0.2, 0.25) is 0 Å². The van der Waals surface area contributed by atoms with E-state index in [2.05, 4.69) is 16.8 Å². The average Bonchev–Trinajstić information content (AvgIpc) is 2.79. The van der Waals surface area contributed by atoms with E-state index in [-0.39, 0.29) is 18.4 Å². The highest BCUT2D eigenvalue weighted by Crippen LogP contribution is 2.52. The summed E-state index contributed by atoms with van der Waals surface area (Å²) in [6.45, 7) is 6.14. The molecule has 1 saturated heterocycles. The van der Waals surface area contributed by atoms with Crippen LogP contribution in [-0.4, -0.2) is 52.5 Å². The van der Waals surface area contributed by atoms with Crippen molar-refractivity contribution in [1.29, 1.82) is 0 Å². The van der Waals surface area contributed by atoms with Crippen molar-refractivity contribution >= 4 is 6.09 Å². The van der Waals surface area contributed by atoms with Crippen molar-refractivity contribution < 1.29 is 19.7 Å². The van der Waals surface area contributed by atoms with Crippen molar-refractivity contribution in [3.05, 3.63) is 78.4 Å². The van der Waals surface area contributed by atoms with Crippen molar-refractivity contribution in [3.63, 3.8) is 0 Å². The van der Waals surface area contributed by atoms with E-state index in [1.165, 1.54) is 0 Å². The van der Waals surface area contributed by atoms with Gasteiger partial charge in [-0.15, -0.1) is 6.58 Å². The number of amides is 1. The number of carbonyl (C=O) groups is 1. The van der Waals surface area contributed by atoms with Gasteiger partial charge in [0.15, 0.2) is 0 Å². The highest BCUT2D eigenvalue weighted by Gasteiger charge is 2.57. The lowest BCUT2D eigenvalue weighted by Crippen LogP contribution is -2.67. The Labute approximate surface area is 189 Å². The number of phenolic OH excluding ortho intramolecular Hbond substituents is 1. The van der Waals surface area contributed by atoms with Gasteiger partial charge in [0.1, 0.15) is 12.4 Å². The zero-order valence-corrected chi connectivity index (χ0v) is 18.4. The summed E-state index contributed by atoms with van der Waals surface area (Å²) in [7, 11) is 0. The van der Waals surface area contributed by atoms with Crippen LogP contribution < -0.4 is 5.32 Å². The molecule has 2 aliphatic rings. The molecule has 0 spiro atoms. The average molecular weight is 437 g/mol. The number of ether oxygens (including phenoxy) is 1. The molecule has 1 aliphatic carbocycles. The fraction of sp³-hybridized carbons (Fsp3) is 0.423. The Morgan fingerprint density at radius 3 is 2.78 bits per heavy atom. The number of fused-ring (bicyclic) bond motifs is 1. The van der Waals surface area contributed by atoms with Gasteiger partial charge in [0, 0.05) is 24.5 Å². The van der Waals surface area contributed by atoms with E-state index >= 15 is 0 Å². The summed E-state index contributed by atoms with van der Waals surface area (Å²) >= 11 is 0. The van der Waals surface area contributed by atoms with Crippen LogP contribution in [-0.2, 0) is 16.8 Å². The number of hydrogen-bond acceptors (Lipinski definition) is 5. The smallest absolute Gasteiger partial charge is 0.407 e. The van der Waals surface area contributed by atoms with Gasteiger partial charge < -0.3 is 20.3 Å². The van der Waals surface area contributed by atoms with Gasteiger partial charge in [-0.3, -0.25) is 4.90 Å². The topological polar surface area (TPSA) is 82.0 Å². The van der Waals surface area contributed by atoms with Crippen molar-refractivity contribution in [2.24, 2.45) is 0 Å². The van der Waals surface area contributed by atoms with Gasteiger partial charge in [-0.25, -0.2) is 4.79 Å². The molecule has 3 atom stereocenters. The third-order valence-electron chi connectivity index (χ3n) is 7.05. The van der Waals surface area contributed by atoms with E-state index in [4.69, 9.17) is 4.74 Å². The number of hydrogen-bond donors (Lipinski definition) is 3. The maximum Gasteiger partial charge on any atom is 0.407 e. The Hall–Kier alpha value is -2.83. The molecule has 1 saturated carbocycles. The van der Waals surface area contributed by atoms with Crippen LogP contribution in [0.3, 0.4) is 0 Å². The number of nitrogens with one attached hydrogen (secondary N) is 1. The minimum atomic E-state index is -0.950. The maximum absolute atomic E-state index is 12.5. The van der Waals surface area contributed by atoms with Crippen LogP contribution in [0.5, 0.6) is 5.75 Å². The number of likely N-dealkylation sites (tertiary alicyclic amines) is 1. The first-order valence-corrected chi connectivity index (χ1v) is 11.3. The quantitative estimate of drug-likeness (QED) is 0.601. The minimum Gasteiger partial charge on any atom is -0.508 e. The predicted octanol–water partition coefficient (Wildman–Crippen LogP) is 3.73. The number of piperidine rings is 1. The Morgan fingerprint density at radius 2 is 2.03 bits per heavy atom. The molecule has 2 fully saturated rings. The first kappa shape index (κ1) is 22.4. The lowest BCUT2D eigenvalue weighted by atomic mass is 9.55. The molecule has 1 aliphatic heterocycles. The summed E-state index contributed by atoms with van der Waals surface area (Å²) in [5.41, 5.74) is 0.349. The summed E-state index contributed by atoms with van der Waals surface area (Å²) in [4.78, 5) is 14.7. The van der Waals surface area contributed by atoms with E-state index in [0.717, 1.165) is 30.6 Å². The van der Waals surface area contributed by atoms with Gasteiger partial charge in [-0.05, 0) is 55.5 Å². The van der Waals surface area contributed by atoms with E-state index < -0.39 is 17.1 Å². The molecular formula is C26H32N2O4. The minimum absolute atomic E-state index is 0.119.